The van der Waals surface area contributed by atoms with E-state index in [9.17, 15) is 5.11 Å². The van der Waals surface area contributed by atoms with E-state index in [-0.39, 0.29) is 12.0 Å². The maximum absolute atomic E-state index is 9.92. The number of hydrogen-bond donors (Lipinski definition) is 1. The molecule has 2 unspecified atom stereocenters. The van der Waals surface area contributed by atoms with Crippen molar-refractivity contribution in [3.05, 3.63) is 71.8 Å². The van der Waals surface area contributed by atoms with Gasteiger partial charge >= 0.3 is 0 Å². The maximum atomic E-state index is 9.92. The number of rotatable bonds is 3. The molecule has 0 amide bonds. The lowest BCUT2D eigenvalue weighted by Gasteiger charge is -2.41. The Kier molecular flexibility index (Phi) is 4.17. The average Bonchev–Trinajstić information content (AvgIpc) is 2.58. The van der Waals surface area contributed by atoms with Crippen molar-refractivity contribution in [1.82, 2.24) is 0 Å². The van der Waals surface area contributed by atoms with E-state index in [0.29, 0.717) is 5.92 Å². The van der Waals surface area contributed by atoms with E-state index in [1.54, 1.807) is 0 Å². The second-order valence-corrected chi connectivity index (χ2v) is 6.78. The molecule has 2 aromatic carbocycles. The molecule has 0 saturated heterocycles. The van der Waals surface area contributed by atoms with Crippen LogP contribution in [0.15, 0.2) is 60.7 Å². The number of allylic oxidation sites excluding steroid dienone is 2. The van der Waals surface area contributed by atoms with Gasteiger partial charge in [0.05, 0.1) is 0 Å². The predicted octanol–water partition coefficient (Wildman–Crippen LogP) is 5.03. The van der Waals surface area contributed by atoms with Crippen LogP contribution in [-0.4, -0.2) is 11.7 Å². The van der Waals surface area contributed by atoms with E-state index in [1.165, 1.54) is 22.3 Å². The van der Waals surface area contributed by atoms with Crippen molar-refractivity contribution < 1.29 is 5.11 Å². The summed E-state index contributed by atoms with van der Waals surface area (Å²) < 4.78 is 0. The summed E-state index contributed by atoms with van der Waals surface area (Å²) >= 11 is 0. The number of aliphatic hydroxyl groups is 1. The van der Waals surface area contributed by atoms with E-state index in [0.717, 1.165) is 12.8 Å². The molecular weight excluding hydrogens is 268 g/mol. The van der Waals surface area contributed by atoms with Crippen molar-refractivity contribution in [2.24, 2.45) is 11.3 Å². The van der Waals surface area contributed by atoms with Gasteiger partial charge in [-0.05, 0) is 46.4 Å². The highest BCUT2D eigenvalue weighted by Gasteiger charge is 2.37. The summed E-state index contributed by atoms with van der Waals surface area (Å²) in [5.41, 5.74) is 5.39. The third-order valence-corrected chi connectivity index (χ3v) is 5.25. The van der Waals surface area contributed by atoms with Crippen LogP contribution in [0.5, 0.6) is 0 Å². The van der Waals surface area contributed by atoms with E-state index < -0.39 is 0 Å². The van der Waals surface area contributed by atoms with Gasteiger partial charge in [0, 0.05) is 6.61 Å². The molecule has 2 atom stereocenters. The highest BCUT2D eigenvalue weighted by atomic mass is 16.3. The third kappa shape index (κ3) is 2.74. The van der Waals surface area contributed by atoms with Crippen molar-refractivity contribution >= 4 is 11.1 Å². The van der Waals surface area contributed by atoms with Crippen LogP contribution in [0.25, 0.3) is 11.1 Å². The van der Waals surface area contributed by atoms with Crippen molar-refractivity contribution in [3.63, 3.8) is 0 Å². The summed E-state index contributed by atoms with van der Waals surface area (Å²) in [6, 6.07) is 21.3. The minimum absolute atomic E-state index is 0.0382. The molecule has 1 N–H and O–H groups in total. The SMILES string of the molecule is CC1CC(c2ccccc2)=C(c2ccccc2)CC1(C)CO. The fourth-order valence-corrected chi connectivity index (χ4v) is 3.42. The molecule has 0 radical (unpaired) electrons. The first-order chi connectivity index (χ1) is 10.6. The standard InChI is InChI=1S/C21H24O/c1-16-13-19(17-9-5-3-6-10-17)20(14-21(16,2)15-22)18-11-7-4-8-12-18/h3-12,16,22H,13-15H2,1-2H3. The van der Waals surface area contributed by atoms with Gasteiger partial charge in [0.25, 0.3) is 0 Å². The van der Waals surface area contributed by atoms with Crippen molar-refractivity contribution in [3.8, 4) is 0 Å². The largest absolute Gasteiger partial charge is 0.396 e. The van der Waals surface area contributed by atoms with E-state index >= 15 is 0 Å². The minimum atomic E-state index is -0.0382. The molecule has 1 nitrogen and oxygen atoms in total. The third-order valence-electron chi connectivity index (χ3n) is 5.25. The van der Waals surface area contributed by atoms with E-state index in [1.807, 2.05) is 0 Å². The molecule has 1 heteroatoms. The second kappa shape index (κ2) is 6.10. The summed E-state index contributed by atoms with van der Waals surface area (Å²) in [5, 5.41) is 9.92. The van der Waals surface area contributed by atoms with Gasteiger partial charge in [-0.2, -0.15) is 0 Å². The number of hydrogen-bond acceptors (Lipinski definition) is 1. The zero-order valence-electron chi connectivity index (χ0n) is 13.4. The second-order valence-electron chi connectivity index (χ2n) is 6.78. The molecule has 1 aliphatic rings. The fourth-order valence-electron chi connectivity index (χ4n) is 3.42. The van der Waals surface area contributed by atoms with E-state index in [4.69, 9.17) is 0 Å². The molecule has 0 spiro atoms. The van der Waals surface area contributed by atoms with Gasteiger partial charge in [-0.1, -0.05) is 74.5 Å². The molecule has 0 heterocycles. The van der Waals surface area contributed by atoms with Crippen LogP contribution in [0.3, 0.4) is 0 Å². The van der Waals surface area contributed by atoms with Crippen LogP contribution in [0.1, 0.15) is 37.8 Å². The Bertz CT molecular complexity index is 657. The van der Waals surface area contributed by atoms with Gasteiger partial charge in [0.1, 0.15) is 0 Å². The first-order valence-corrected chi connectivity index (χ1v) is 8.08. The van der Waals surface area contributed by atoms with Crippen LogP contribution in [0, 0.1) is 11.3 Å². The van der Waals surface area contributed by atoms with Gasteiger partial charge in [-0.3, -0.25) is 0 Å². The fraction of sp³-hybridized carbons (Fsp3) is 0.333. The lowest BCUT2D eigenvalue weighted by molar-refractivity contribution is 0.0897. The predicted molar refractivity (Wildman–Crippen MR) is 93.3 cm³/mol. The lowest BCUT2D eigenvalue weighted by atomic mass is 9.64. The number of benzene rings is 2. The lowest BCUT2D eigenvalue weighted by Crippen LogP contribution is -2.33. The van der Waals surface area contributed by atoms with E-state index in [2.05, 4.69) is 74.5 Å². The van der Waals surface area contributed by atoms with Crippen LogP contribution >= 0.6 is 0 Å². The molecule has 0 bridgehead atoms. The number of aliphatic hydroxyl groups excluding tert-OH is 1. The summed E-state index contributed by atoms with van der Waals surface area (Å²) in [6.07, 6.45) is 1.95. The van der Waals surface area contributed by atoms with Crippen LogP contribution in [0.4, 0.5) is 0 Å². The topological polar surface area (TPSA) is 20.2 Å². The Morgan fingerprint density at radius 3 is 1.91 bits per heavy atom. The normalized spacial score (nSPS) is 25.3. The zero-order chi connectivity index (χ0) is 15.6. The molecule has 3 rings (SSSR count). The smallest absolute Gasteiger partial charge is 0.0490 e. The Morgan fingerprint density at radius 2 is 1.41 bits per heavy atom. The monoisotopic (exact) mass is 292 g/mol. The Labute approximate surface area is 133 Å². The summed E-state index contributed by atoms with van der Waals surface area (Å²) in [7, 11) is 0. The molecule has 0 aromatic heterocycles. The quantitative estimate of drug-likeness (QED) is 0.841. The first kappa shape index (κ1) is 15.1. The minimum Gasteiger partial charge on any atom is -0.396 e. The van der Waals surface area contributed by atoms with Crippen LogP contribution in [-0.2, 0) is 0 Å². The van der Waals surface area contributed by atoms with Crippen molar-refractivity contribution in [2.75, 3.05) is 6.61 Å². The summed E-state index contributed by atoms with van der Waals surface area (Å²) in [4.78, 5) is 0. The molecular formula is C21H24O. The van der Waals surface area contributed by atoms with Crippen LogP contribution in [0.2, 0.25) is 0 Å². The Hall–Kier alpha value is -1.86. The molecule has 2 aromatic rings. The van der Waals surface area contributed by atoms with Gasteiger partial charge in [-0.15, -0.1) is 0 Å². The highest BCUT2D eigenvalue weighted by molar-refractivity contribution is 5.92. The molecule has 1 aliphatic carbocycles. The Balaban J connectivity index is 2.15. The summed E-state index contributed by atoms with van der Waals surface area (Å²) in [6.45, 7) is 4.72. The van der Waals surface area contributed by atoms with Gasteiger partial charge in [0.15, 0.2) is 0 Å². The molecule has 0 saturated carbocycles. The first-order valence-electron chi connectivity index (χ1n) is 8.08. The molecule has 22 heavy (non-hydrogen) atoms. The van der Waals surface area contributed by atoms with Crippen molar-refractivity contribution in [1.29, 1.82) is 0 Å². The Morgan fingerprint density at radius 1 is 0.909 bits per heavy atom. The molecule has 0 fully saturated rings. The summed E-state index contributed by atoms with van der Waals surface area (Å²) in [5.74, 6) is 0.472. The van der Waals surface area contributed by atoms with Gasteiger partial charge in [0.2, 0.25) is 0 Å². The van der Waals surface area contributed by atoms with Gasteiger partial charge in [-0.25, -0.2) is 0 Å². The zero-order valence-corrected chi connectivity index (χ0v) is 13.4. The molecule has 0 aliphatic heterocycles. The van der Waals surface area contributed by atoms with Crippen molar-refractivity contribution in [2.45, 2.75) is 26.7 Å². The molecule has 114 valence electrons. The average molecular weight is 292 g/mol. The maximum Gasteiger partial charge on any atom is 0.0490 e. The van der Waals surface area contributed by atoms with Crippen LogP contribution < -0.4 is 0 Å². The highest BCUT2D eigenvalue weighted by Crippen LogP contribution is 2.49. The van der Waals surface area contributed by atoms with Gasteiger partial charge < -0.3 is 5.11 Å².